The van der Waals surface area contributed by atoms with E-state index in [0.717, 1.165) is 79.9 Å². The maximum atomic E-state index is 5.18. The molecule has 1 aliphatic heterocycles. The molecule has 0 saturated heterocycles. The second kappa shape index (κ2) is 15.6. The van der Waals surface area contributed by atoms with Crippen LogP contribution in [0, 0.1) is 0 Å². The Bertz CT molecular complexity index is 2780. The number of rotatable bonds is 9. The van der Waals surface area contributed by atoms with Crippen molar-refractivity contribution in [3.8, 4) is 22.5 Å². The van der Waals surface area contributed by atoms with E-state index in [1.54, 1.807) is 0 Å². The Balaban J connectivity index is 1.13. The van der Waals surface area contributed by atoms with Gasteiger partial charge in [0.15, 0.2) is 11.7 Å². The van der Waals surface area contributed by atoms with Crippen molar-refractivity contribution in [2.75, 3.05) is 0 Å². The summed E-state index contributed by atoms with van der Waals surface area (Å²) < 4.78 is 0. The number of hydrogen-bond acceptors (Lipinski definition) is 5. The van der Waals surface area contributed by atoms with Crippen LogP contribution in [0.25, 0.3) is 55.8 Å². The van der Waals surface area contributed by atoms with E-state index in [1.165, 1.54) is 16.3 Å². The highest BCUT2D eigenvalue weighted by Gasteiger charge is 2.23. The summed E-state index contributed by atoms with van der Waals surface area (Å²) in [6.45, 7) is 4.25. The molecule has 1 aromatic heterocycles. The van der Waals surface area contributed by atoms with E-state index in [4.69, 9.17) is 15.0 Å². The maximum Gasteiger partial charge on any atom is 0.159 e. The minimum Gasteiger partial charge on any atom is -0.344 e. The van der Waals surface area contributed by atoms with Gasteiger partial charge in [0.05, 0.1) is 5.52 Å². The Kier molecular flexibility index (Phi) is 9.63. The third-order valence-electron chi connectivity index (χ3n) is 10.2. The average Bonchev–Trinajstić information content (AvgIpc) is 3.28. The van der Waals surface area contributed by atoms with Gasteiger partial charge < -0.3 is 5.32 Å². The molecule has 1 atom stereocenters. The van der Waals surface area contributed by atoms with Crippen LogP contribution in [-0.4, -0.2) is 21.6 Å². The Morgan fingerprint density at radius 2 is 1.48 bits per heavy atom. The average molecular weight is 722 g/mol. The molecule has 0 spiro atoms. The monoisotopic (exact) mass is 721 g/mol. The molecule has 7 aromatic rings. The normalized spacial score (nSPS) is 15.7. The molecule has 6 aromatic carbocycles. The summed E-state index contributed by atoms with van der Waals surface area (Å²) in [5.74, 6) is 2.20. The Labute approximate surface area is 327 Å². The lowest BCUT2D eigenvalue weighted by atomic mass is 9.94. The number of amidine groups is 2. The Morgan fingerprint density at radius 1 is 0.714 bits per heavy atom. The van der Waals surface area contributed by atoms with Gasteiger partial charge in [0.25, 0.3) is 0 Å². The molecule has 1 N–H and O–H groups in total. The zero-order valence-corrected chi connectivity index (χ0v) is 30.9. The summed E-state index contributed by atoms with van der Waals surface area (Å²) in [7, 11) is 0. The summed E-state index contributed by atoms with van der Waals surface area (Å²) in [6, 6.07) is 48.4. The zero-order chi connectivity index (χ0) is 37.7. The molecule has 0 radical (unpaired) electrons. The summed E-state index contributed by atoms with van der Waals surface area (Å²) in [5.41, 5.74) is 10.3. The molecule has 0 amide bonds. The van der Waals surface area contributed by atoms with Crippen molar-refractivity contribution in [3.63, 3.8) is 0 Å². The van der Waals surface area contributed by atoms with Crippen molar-refractivity contribution in [2.45, 2.75) is 19.0 Å². The number of allylic oxidation sites excluding steroid dienone is 6. The van der Waals surface area contributed by atoms with Crippen molar-refractivity contribution in [1.82, 2.24) is 15.3 Å². The van der Waals surface area contributed by atoms with E-state index >= 15 is 0 Å². The zero-order valence-electron chi connectivity index (χ0n) is 30.9. The largest absolute Gasteiger partial charge is 0.344 e. The lowest BCUT2D eigenvalue weighted by Gasteiger charge is -2.25. The molecule has 0 bridgehead atoms. The Morgan fingerprint density at radius 3 is 2.32 bits per heavy atom. The van der Waals surface area contributed by atoms with Crippen molar-refractivity contribution in [1.29, 1.82) is 0 Å². The minimum atomic E-state index is -0.290. The number of fused-ring (bicyclic) bond motifs is 2. The summed E-state index contributed by atoms with van der Waals surface area (Å²) >= 11 is 0. The smallest absolute Gasteiger partial charge is 0.159 e. The predicted octanol–water partition coefficient (Wildman–Crippen LogP) is 12.1. The molecule has 2 heterocycles. The molecule has 5 nitrogen and oxygen atoms in total. The van der Waals surface area contributed by atoms with Crippen molar-refractivity contribution >= 4 is 45.0 Å². The van der Waals surface area contributed by atoms with Gasteiger partial charge in [0.2, 0.25) is 0 Å². The van der Waals surface area contributed by atoms with Crippen LogP contribution in [0.2, 0.25) is 0 Å². The van der Waals surface area contributed by atoms with Crippen LogP contribution in [0.5, 0.6) is 0 Å². The first-order valence-corrected chi connectivity index (χ1v) is 19.0. The fourth-order valence-corrected chi connectivity index (χ4v) is 7.26. The molecule has 268 valence electrons. The first-order chi connectivity index (χ1) is 27.7. The van der Waals surface area contributed by atoms with E-state index < -0.39 is 0 Å². The highest BCUT2D eigenvalue weighted by atomic mass is 15.2. The third kappa shape index (κ3) is 7.31. The van der Waals surface area contributed by atoms with E-state index in [1.807, 2.05) is 42.6 Å². The molecule has 5 heteroatoms. The molecular weight excluding hydrogens is 683 g/mol. The number of aromatic nitrogens is 2. The molecule has 56 heavy (non-hydrogen) atoms. The number of hydrogen-bond donors (Lipinski definition) is 1. The summed E-state index contributed by atoms with van der Waals surface area (Å²) in [6.07, 6.45) is 18.5. The second-order valence-electron chi connectivity index (χ2n) is 13.9. The number of para-hydroxylation sites is 1. The summed E-state index contributed by atoms with van der Waals surface area (Å²) in [5, 5.41) is 7.14. The fourth-order valence-electron chi connectivity index (χ4n) is 7.26. The molecular formula is C51H39N5. The predicted molar refractivity (Wildman–Crippen MR) is 234 cm³/mol. The van der Waals surface area contributed by atoms with Gasteiger partial charge in [-0.15, -0.1) is 0 Å². The number of aliphatic imine (C=N–C) groups is 2. The van der Waals surface area contributed by atoms with Gasteiger partial charge in [0.1, 0.15) is 12.0 Å². The highest BCUT2D eigenvalue weighted by molar-refractivity contribution is 6.14. The summed E-state index contributed by atoms with van der Waals surface area (Å²) in [4.78, 5) is 19.8. The van der Waals surface area contributed by atoms with Crippen molar-refractivity contribution < 1.29 is 0 Å². The van der Waals surface area contributed by atoms with E-state index in [0.29, 0.717) is 5.82 Å². The molecule has 9 rings (SSSR count). The quantitative estimate of drug-likeness (QED) is 0.151. The first-order valence-electron chi connectivity index (χ1n) is 19.0. The SMILES string of the molecule is C=C/C(=C\C=C\c1cccc2ccccc12)c1cc(C2=NC(C3=CCCC=C3)=NC(c3ccccc3)N2)cc(-c2ccc(-c3ncc4ccccc4n3)cc2)c1. The molecule has 0 saturated carbocycles. The standard InChI is InChI=1S/C51H39N5/c1-2-35(21-13-22-38-24-14-23-37-15-9-11-25-46(37)38)43-31-44(36-27-29-41(30-28-36)48-52-34-42-20-10-12-26-47(42)53-48)33-45(32-43)51-55-49(39-16-5-3-6-17-39)54-50(56-51)40-18-7-4-8-19-40/h2-3,5-7,9-34,49H,1,4,8H2,(H,54,55,56)/b22-13+,35-21+. The van der Waals surface area contributed by atoms with Crippen LogP contribution in [0.15, 0.2) is 204 Å². The van der Waals surface area contributed by atoms with Crippen LogP contribution < -0.4 is 5.32 Å². The van der Waals surface area contributed by atoms with E-state index in [-0.39, 0.29) is 6.17 Å². The maximum absolute atomic E-state index is 5.18. The lowest BCUT2D eigenvalue weighted by molar-refractivity contribution is 0.674. The Hall–Kier alpha value is -7.24. The van der Waals surface area contributed by atoms with Gasteiger partial charge >= 0.3 is 0 Å². The van der Waals surface area contributed by atoms with Crippen molar-refractivity contribution in [2.24, 2.45) is 9.98 Å². The highest BCUT2D eigenvalue weighted by Crippen LogP contribution is 2.31. The van der Waals surface area contributed by atoms with Gasteiger partial charge in [-0.2, -0.15) is 0 Å². The van der Waals surface area contributed by atoms with Gasteiger partial charge in [-0.3, -0.25) is 0 Å². The molecule has 0 fully saturated rings. The molecule has 1 aliphatic carbocycles. The number of nitrogens with one attached hydrogen (secondary N) is 1. The number of nitrogens with zero attached hydrogens (tertiary/aromatic N) is 4. The van der Waals surface area contributed by atoms with E-state index in [2.05, 4.69) is 163 Å². The van der Waals surface area contributed by atoms with Gasteiger partial charge in [0, 0.05) is 28.3 Å². The first kappa shape index (κ1) is 34.5. The lowest BCUT2D eigenvalue weighted by Crippen LogP contribution is -2.33. The molecule has 1 unspecified atom stereocenters. The molecule has 2 aliphatic rings. The van der Waals surface area contributed by atoms with E-state index in [9.17, 15) is 0 Å². The fraction of sp³-hybridized carbons (Fsp3) is 0.0588. The third-order valence-corrected chi connectivity index (χ3v) is 10.2. The van der Waals surface area contributed by atoms with Crippen molar-refractivity contribution in [3.05, 3.63) is 217 Å². The van der Waals surface area contributed by atoms with Crippen LogP contribution in [0.1, 0.15) is 41.3 Å². The van der Waals surface area contributed by atoms with Gasteiger partial charge in [-0.05, 0) is 81.3 Å². The van der Waals surface area contributed by atoms with Crippen LogP contribution >= 0.6 is 0 Å². The van der Waals surface area contributed by atoms with Gasteiger partial charge in [-0.25, -0.2) is 20.0 Å². The van der Waals surface area contributed by atoms with Crippen LogP contribution in [-0.2, 0) is 0 Å². The van der Waals surface area contributed by atoms with Gasteiger partial charge in [-0.1, -0.05) is 164 Å². The van der Waals surface area contributed by atoms with Crippen LogP contribution in [0.3, 0.4) is 0 Å². The topological polar surface area (TPSA) is 62.5 Å². The number of benzene rings is 6. The second-order valence-corrected chi connectivity index (χ2v) is 13.9. The van der Waals surface area contributed by atoms with Crippen LogP contribution in [0.4, 0.5) is 0 Å². The minimum absolute atomic E-state index is 0.290.